The van der Waals surface area contributed by atoms with Crippen LogP contribution in [0.2, 0.25) is 0 Å². The van der Waals surface area contributed by atoms with E-state index >= 15 is 0 Å². The van der Waals surface area contributed by atoms with Gasteiger partial charge < -0.3 is 4.74 Å². The third-order valence-corrected chi connectivity index (χ3v) is 3.62. The Morgan fingerprint density at radius 1 is 1.41 bits per heavy atom. The summed E-state index contributed by atoms with van der Waals surface area (Å²) in [5, 5.41) is 2.65. The number of nitrogens with zero attached hydrogens (tertiary/aromatic N) is 1. The number of carbonyl (C=O) groups excluding carboxylic acids is 2. The first kappa shape index (κ1) is 17.9. The summed E-state index contributed by atoms with van der Waals surface area (Å²) in [5.74, 6) is 0.402. The Kier molecular flexibility index (Phi) is 7.94. The van der Waals surface area contributed by atoms with Crippen LogP contribution in [0.1, 0.15) is 45.1 Å². The molecule has 0 radical (unpaired) electrons. The van der Waals surface area contributed by atoms with E-state index in [0.717, 1.165) is 31.2 Å². The van der Waals surface area contributed by atoms with Crippen LogP contribution in [0.25, 0.3) is 0 Å². The van der Waals surface area contributed by atoms with Gasteiger partial charge in [-0.3, -0.25) is 5.32 Å². The first-order valence-corrected chi connectivity index (χ1v) is 7.73. The first-order chi connectivity index (χ1) is 10.6. The number of anilines is 1. The maximum Gasteiger partial charge on any atom is 0.411 e. The van der Waals surface area contributed by atoms with Gasteiger partial charge in [0.05, 0.1) is 12.3 Å². The zero-order valence-corrected chi connectivity index (χ0v) is 13.5. The average Bonchev–Trinajstić information content (AvgIpc) is 2.51. The van der Waals surface area contributed by atoms with Crippen molar-refractivity contribution in [3.8, 4) is 0 Å². The Bertz CT molecular complexity index is 537. The number of ether oxygens (including phenoxy) is 1. The van der Waals surface area contributed by atoms with E-state index < -0.39 is 6.09 Å². The summed E-state index contributed by atoms with van der Waals surface area (Å²) in [7, 11) is 0. The van der Waals surface area contributed by atoms with Gasteiger partial charge in [0, 0.05) is 5.69 Å². The molecule has 0 aliphatic carbocycles. The average molecular weight is 304 g/mol. The highest BCUT2D eigenvalue weighted by molar-refractivity contribution is 5.85. The van der Waals surface area contributed by atoms with Crippen LogP contribution in [0.3, 0.4) is 0 Å². The van der Waals surface area contributed by atoms with Crippen molar-refractivity contribution in [2.24, 2.45) is 10.9 Å². The van der Waals surface area contributed by atoms with Gasteiger partial charge in [0.25, 0.3) is 0 Å². The van der Waals surface area contributed by atoms with E-state index in [4.69, 9.17) is 4.74 Å². The molecule has 0 fully saturated rings. The monoisotopic (exact) mass is 304 g/mol. The molecule has 0 bridgehead atoms. The molecule has 0 heterocycles. The standard InChI is InChI=1S/C17H24N2O3/c1-4-6-7-14(5-2)11-22-17(21)19-15-9-8-13(3)16(10-15)18-12-20/h8-10,14H,4-7,11H2,1-3H3,(H,19,21). The summed E-state index contributed by atoms with van der Waals surface area (Å²) in [5.41, 5.74) is 1.88. The highest BCUT2D eigenvalue weighted by Crippen LogP contribution is 2.22. The highest BCUT2D eigenvalue weighted by Gasteiger charge is 2.10. The zero-order chi connectivity index (χ0) is 16.4. The fourth-order valence-electron chi connectivity index (χ4n) is 2.10. The molecule has 5 heteroatoms. The van der Waals surface area contributed by atoms with Gasteiger partial charge >= 0.3 is 6.09 Å². The second-order valence-electron chi connectivity index (χ2n) is 5.34. The normalized spacial score (nSPS) is 11.4. The topological polar surface area (TPSA) is 67.8 Å². The minimum absolute atomic E-state index is 0.402. The molecule has 120 valence electrons. The van der Waals surface area contributed by atoms with E-state index in [9.17, 15) is 9.59 Å². The van der Waals surface area contributed by atoms with Crippen molar-refractivity contribution in [1.82, 2.24) is 0 Å². The van der Waals surface area contributed by atoms with Crippen LogP contribution in [0.15, 0.2) is 23.2 Å². The second kappa shape index (κ2) is 9.74. The van der Waals surface area contributed by atoms with E-state index in [1.165, 1.54) is 6.08 Å². The minimum Gasteiger partial charge on any atom is -0.449 e. The molecule has 1 rings (SSSR count). The zero-order valence-electron chi connectivity index (χ0n) is 13.5. The van der Waals surface area contributed by atoms with Gasteiger partial charge in [-0.2, -0.15) is 4.99 Å². The summed E-state index contributed by atoms with van der Waals surface area (Å²) >= 11 is 0. The van der Waals surface area contributed by atoms with Gasteiger partial charge in [-0.1, -0.05) is 39.2 Å². The van der Waals surface area contributed by atoms with E-state index in [0.29, 0.717) is 23.9 Å². The molecule has 1 atom stereocenters. The van der Waals surface area contributed by atoms with Gasteiger partial charge in [0.15, 0.2) is 0 Å². The van der Waals surface area contributed by atoms with Crippen molar-refractivity contribution in [3.63, 3.8) is 0 Å². The fourth-order valence-corrected chi connectivity index (χ4v) is 2.10. The van der Waals surface area contributed by atoms with Crippen molar-refractivity contribution in [2.45, 2.75) is 46.5 Å². The number of aliphatic imine (C=N–C) groups is 1. The largest absolute Gasteiger partial charge is 0.449 e. The Labute approximate surface area is 131 Å². The van der Waals surface area contributed by atoms with Crippen molar-refractivity contribution >= 4 is 23.5 Å². The number of unbranched alkanes of at least 4 members (excludes halogenated alkanes) is 1. The third kappa shape index (κ3) is 6.10. The molecule has 1 unspecified atom stereocenters. The lowest BCUT2D eigenvalue weighted by Gasteiger charge is -2.15. The number of isocyanates is 1. The molecule has 0 aromatic heterocycles. The van der Waals surface area contributed by atoms with Crippen LogP contribution in [0.5, 0.6) is 0 Å². The number of hydrogen-bond donors (Lipinski definition) is 1. The summed E-state index contributed by atoms with van der Waals surface area (Å²) in [6, 6.07) is 5.15. The van der Waals surface area contributed by atoms with E-state index in [1.54, 1.807) is 18.2 Å². The number of carbonyl (C=O) groups is 1. The van der Waals surface area contributed by atoms with Gasteiger partial charge in [0.1, 0.15) is 0 Å². The quantitative estimate of drug-likeness (QED) is 0.557. The van der Waals surface area contributed by atoms with Crippen LogP contribution in [-0.4, -0.2) is 18.8 Å². The van der Waals surface area contributed by atoms with Crippen LogP contribution >= 0.6 is 0 Å². The van der Waals surface area contributed by atoms with Crippen LogP contribution in [0, 0.1) is 12.8 Å². The molecule has 1 aromatic carbocycles. The molecule has 1 amide bonds. The van der Waals surface area contributed by atoms with Crippen molar-refractivity contribution < 1.29 is 14.3 Å². The van der Waals surface area contributed by atoms with E-state index in [2.05, 4.69) is 24.2 Å². The van der Waals surface area contributed by atoms with Crippen LogP contribution in [-0.2, 0) is 9.53 Å². The maximum absolute atomic E-state index is 11.8. The number of hydrogen-bond acceptors (Lipinski definition) is 4. The Morgan fingerprint density at radius 3 is 2.82 bits per heavy atom. The van der Waals surface area contributed by atoms with Crippen molar-refractivity contribution in [1.29, 1.82) is 0 Å². The molecule has 1 N–H and O–H groups in total. The lowest BCUT2D eigenvalue weighted by Crippen LogP contribution is -2.18. The Balaban J connectivity index is 2.54. The molecule has 22 heavy (non-hydrogen) atoms. The summed E-state index contributed by atoms with van der Waals surface area (Å²) in [6.07, 6.45) is 5.38. The molecule has 0 saturated carbocycles. The summed E-state index contributed by atoms with van der Waals surface area (Å²) < 4.78 is 5.27. The number of nitrogens with one attached hydrogen (secondary N) is 1. The molecule has 5 nitrogen and oxygen atoms in total. The molecular weight excluding hydrogens is 280 g/mol. The predicted octanol–water partition coefficient (Wildman–Crippen LogP) is 4.73. The van der Waals surface area contributed by atoms with Crippen molar-refractivity contribution in [2.75, 3.05) is 11.9 Å². The predicted molar refractivity (Wildman–Crippen MR) is 87.2 cm³/mol. The van der Waals surface area contributed by atoms with Gasteiger partial charge in [-0.05, 0) is 37.0 Å². The van der Waals surface area contributed by atoms with Gasteiger partial charge in [-0.15, -0.1) is 0 Å². The van der Waals surface area contributed by atoms with Gasteiger partial charge in [-0.25, -0.2) is 9.59 Å². The molecule has 0 aliphatic rings. The number of benzene rings is 1. The number of amides is 1. The SMILES string of the molecule is CCCCC(CC)COC(=O)Nc1ccc(C)c(N=C=O)c1. The molecule has 1 aromatic rings. The molecular formula is C17H24N2O3. The first-order valence-electron chi connectivity index (χ1n) is 7.73. The highest BCUT2D eigenvalue weighted by atomic mass is 16.5. The smallest absolute Gasteiger partial charge is 0.411 e. The second-order valence-corrected chi connectivity index (χ2v) is 5.34. The number of aryl methyl sites for hydroxylation is 1. The minimum atomic E-state index is -0.486. The summed E-state index contributed by atoms with van der Waals surface area (Å²) in [6.45, 7) is 6.51. The van der Waals surface area contributed by atoms with Crippen LogP contribution < -0.4 is 5.32 Å². The molecule has 0 aliphatic heterocycles. The van der Waals surface area contributed by atoms with E-state index in [1.807, 2.05) is 6.92 Å². The lowest BCUT2D eigenvalue weighted by atomic mass is 10.0. The maximum atomic E-state index is 11.8. The lowest BCUT2D eigenvalue weighted by molar-refractivity contribution is 0.136. The Morgan fingerprint density at radius 2 is 2.18 bits per heavy atom. The van der Waals surface area contributed by atoms with E-state index in [-0.39, 0.29) is 0 Å². The molecule has 0 saturated heterocycles. The Hall–Kier alpha value is -2.13. The third-order valence-electron chi connectivity index (χ3n) is 3.62. The summed E-state index contributed by atoms with van der Waals surface area (Å²) in [4.78, 5) is 25.8. The molecule has 0 spiro atoms. The fraction of sp³-hybridized carbons (Fsp3) is 0.529. The van der Waals surface area contributed by atoms with Crippen molar-refractivity contribution in [3.05, 3.63) is 23.8 Å². The van der Waals surface area contributed by atoms with Gasteiger partial charge in [0.2, 0.25) is 6.08 Å². The number of rotatable bonds is 8. The van der Waals surface area contributed by atoms with Crippen LogP contribution in [0.4, 0.5) is 16.2 Å².